The zero-order chi connectivity index (χ0) is 22.2. The number of benzene rings is 1. The standard InChI is InChI=1S/C21H28N4O5S/c1-14-4-5-19-20(25(14)15(2)26)7-6-18(21(19)30-9-8-23-31(3,27)28)16-10-22-24(11-16)17-12-29-13-17/h6-7,10-11,14,17,23H,4-5,8-9,12-13H2,1-3H3. The highest BCUT2D eigenvalue weighted by molar-refractivity contribution is 7.88. The Morgan fingerprint density at radius 2 is 2.13 bits per heavy atom. The van der Waals surface area contributed by atoms with Gasteiger partial charge in [-0.3, -0.25) is 9.48 Å². The van der Waals surface area contributed by atoms with Crippen molar-refractivity contribution in [3.05, 3.63) is 30.1 Å². The van der Waals surface area contributed by atoms with Crippen LogP contribution in [0.4, 0.5) is 5.69 Å². The first kappa shape index (κ1) is 21.8. The summed E-state index contributed by atoms with van der Waals surface area (Å²) in [4.78, 5) is 14.1. The molecule has 1 amide bonds. The van der Waals surface area contributed by atoms with Gasteiger partial charge in [-0.25, -0.2) is 13.1 Å². The van der Waals surface area contributed by atoms with Crippen LogP contribution in [0.5, 0.6) is 5.75 Å². The summed E-state index contributed by atoms with van der Waals surface area (Å²) in [5, 5.41) is 4.48. The van der Waals surface area contributed by atoms with Crippen molar-refractivity contribution >= 4 is 21.6 Å². The molecule has 1 fully saturated rings. The number of anilines is 1. The predicted molar refractivity (Wildman–Crippen MR) is 117 cm³/mol. The number of sulfonamides is 1. The van der Waals surface area contributed by atoms with E-state index in [-0.39, 0.29) is 31.1 Å². The van der Waals surface area contributed by atoms with Crippen LogP contribution < -0.4 is 14.4 Å². The Labute approximate surface area is 182 Å². The normalized spacial score (nSPS) is 19.1. The summed E-state index contributed by atoms with van der Waals surface area (Å²) in [6, 6.07) is 4.26. The molecule has 1 atom stereocenters. The highest BCUT2D eigenvalue weighted by Crippen LogP contribution is 2.43. The van der Waals surface area contributed by atoms with Crippen LogP contribution in [-0.2, 0) is 26.0 Å². The van der Waals surface area contributed by atoms with E-state index in [1.54, 1.807) is 18.0 Å². The van der Waals surface area contributed by atoms with Crippen molar-refractivity contribution in [3.63, 3.8) is 0 Å². The van der Waals surface area contributed by atoms with Gasteiger partial charge in [-0.2, -0.15) is 5.10 Å². The number of carbonyl (C=O) groups is 1. The van der Waals surface area contributed by atoms with Crippen molar-refractivity contribution in [2.75, 3.05) is 37.5 Å². The van der Waals surface area contributed by atoms with Gasteiger partial charge in [-0.1, -0.05) is 0 Å². The van der Waals surface area contributed by atoms with E-state index in [1.807, 2.05) is 29.9 Å². The van der Waals surface area contributed by atoms with Crippen molar-refractivity contribution in [2.45, 2.75) is 38.8 Å². The molecule has 1 aromatic heterocycles. The minimum Gasteiger partial charge on any atom is -0.491 e. The van der Waals surface area contributed by atoms with Gasteiger partial charge in [0, 0.05) is 42.4 Å². The van der Waals surface area contributed by atoms with Crippen LogP contribution in [0.15, 0.2) is 24.5 Å². The highest BCUT2D eigenvalue weighted by atomic mass is 32.2. The van der Waals surface area contributed by atoms with Gasteiger partial charge < -0.3 is 14.4 Å². The monoisotopic (exact) mass is 448 g/mol. The Morgan fingerprint density at radius 3 is 2.77 bits per heavy atom. The average Bonchev–Trinajstić information content (AvgIpc) is 3.11. The summed E-state index contributed by atoms with van der Waals surface area (Å²) >= 11 is 0. The molecule has 4 rings (SSSR count). The van der Waals surface area contributed by atoms with Crippen LogP contribution in [0.25, 0.3) is 11.1 Å². The molecule has 0 spiro atoms. The summed E-state index contributed by atoms with van der Waals surface area (Å²) in [5.41, 5.74) is 3.60. The highest BCUT2D eigenvalue weighted by Gasteiger charge is 2.30. The summed E-state index contributed by atoms with van der Waals surface area (Å²) in [6.45, 7) is 5.25. The molecule has 1 unspecified atom stereocenters. The number of hydrogen-bond acceptors (Lipinski definition) is 6. The number of nitrogens with one attached hydrogen (secondary N) is 1. The Kier molecular flexibility index (Phi) is 6.05. The van der Waals surface area contributed by atoms with Crippen molar-refractivity contribution in [2.24, 2.45) is 0 Å². The minimum absolute atomic E-state index is 0.0105. The van der Waals surface area contributed by atoms with Gasteiger partial charge in [0.25, 0.3) is 0 Å². The molecule has 2 aromatic rings. The summed E-state index contributed by atoms with van der Waals surface area (Å²) in [7, 11) is -3.30. The van der Waals surface area contributed by atoms with E-state index in [4.69, 9.17) is 9.47 Å². The molecule has 0 radical (unpaired) electrons. The maximum Gasteiger partial charge on any atom is 0.224 e. The maximum atomic E-state index is 12.3. The lowest BCUT2D eigenvalue weighted by Crippen LogP contribution is -2.40. The molecule has 0 saturated carbocycles. The zero-order valence-electron chi connectivity index (χ0n) is 18.0. The largest absolute Gasteiger partial charge is 0.491 e. The number of amides is 1. The number of fused-ring (bicyclic) bond motifs is 1. The number of carbonyl (C=O) groups excluding carboxylic acids is 1. The molecule has 1 saturated heterocycles. The average molecular weight is 449 g/mol. The molecule has 0 bridgehead atoms. The summed E-state index contributed by atoms with van der Waals surface area (Å²) in [5.74, 6) is 0.666. The minimum atomic E-state index is -3.30. The molecule has 2 aliphatic rings. The lowest BCUT2D eigenvalue weighted by atomic mass is 9.92. The van der Waals surface area contributed by atoms with Crippen LogP contribution in [-0.4, -0.2) is 62.8 Å². The Balaban J connectivity index is 1.70. The molecule has 31 heavy (non-hydrogen) atoms. The fourth-order valence-electron chi connectivity index (χ4n) is 4.11. The SMILES string of the molecule is CC(=O)N1c2ccc(-c3cnn(C4COC4)c3)c(OCCNS(C)(=O)=O)c2CCC1C. The Bertz CT molecular complexity index is 1080. The van der Waals surface area contributed by atoms with E-state index >= 15 is 0 Å². The van der Waals surface area contributed by atoms with Crippen molar-refractivity contribution in [1.29, 1.82) is 0 Å². The summed E-state index contributed by atoms with van der Waals surface area (Å²) in [6.07, 6.45) is 6.49. The van der Waals surface area contributed by atoms with Gasteiger partial charge in [-0.15, -0.1) is 0 Å². The summed E-state index contributed by atoms with van der Waals surface area (Å²) < 4.78 is 38.5. The fourth-order valence-corrected chi connectivity index (χ4v) is 4.56. The molecule has 9 nitrogen and oxygen atoms in total. The third kappa shape index (κ3) is 4.60. The van der Waals surface area contributed by atoms with Gasteiger partial charge >= 0.3 is 0 Å². The number of hydrogen-bond donors (Lipinski definition) is 1. The zero-order valence-corrected chi connectivity index (χ0v) is 18.8. The van der Waals surface area contributed by atoms with E-state index < -0.39 is 10.0 Å². The first-order valence-electron chi connectivity index (χ1n) is 10.4. The van der Waals surface area contributed by atoms with Crippen molar-refractivity contribution < 1.29 is 22.7 Å². The molecule has 0 aliphatic carbocycles. The molecule has 1 N–H and O–H groups in total. The lowest BCUT2D eigenvalue weighted by molar-refractivity contribution is -0.117. The number of rotatable bonds is 7. The van der Waals surface area contributed by atoms with E-state index in [1.165, 1.54) is 0 Å². The quantitative estimate of drug-likeness (QED) is 0.648. The fraction of sp³-hybridized carbons (Fsp3) is 0.524. The molecule has 1 aromatic carbocycles. The predicted octanol–water partition coefficient (Wildman–Crippen LogP) is 1.74. The van der Waals surface area contributed by atoms with Crippen molar-refractivity contribution in [3.8, 4) is 16.9 Å². The van der Waals surface area contributed by atoms with E-state index in [2.05, 4.69) is 9.82 Å². The van der Waals surface area contributed by atoms with Gasteiger partial charge in [0.2, 0.25) is 15.9 Å². The lowest BCUT2D eigenvalue weighted by Gasteiger charge is -2.36. The van der Waals surface area contributed by atoms with E-state index in [0.717, 1.165) is 41.5 Å². The molecule has 2 aliphatic heterocycles. The second-order valence-corrected chi connectivity index (χ2v) is 9.96. The Morgan fingerprint density at radius 1 is 1.35 bits per heavy atom. The van der Waals surface area contributed by atoms with Crippen LogP contribution in [0.3, 0.4) is 0 Å². The van der Waals surface area contributed by atoms with E-state index in [9.17, 15) is 13.2 Å². The van der Waals surface area contributed by atoms with Gasteiger partial charge in [0.15, 0.2) is 0 Å². The molecule has 10 heteroatoms. The van der Waals surface area contributed by atoms with E-state index in [0.29, 0.717) is 19.0 Å². The number of ether oxygens (including phenoxy) is 2. The smallest absolute Gasteiger partial charge is 0.224 e. The first-order chi connectivity index (χ1) is 14.7. The topological polar surface area (TPSA) is 103 Å². The second-order valence-electron chi connectivity index (χ2n) is 8.13. The molecular formula is C21H28N4O5S. The van der Waals surface area contributed by atoms with Gasteiger partial charge in [-0.05, 0) is 31.9 Å². The number of nitrogens with zero attached hydrogens (tertiary/aromatic N) is 3. The third-order valence-corrected chi connectivity index (χ3v) is 6.44. The van der Waals surface area contributed by atoms with Gasteiger partial charge in [0.1, 0.15) is 12.4 Å². The van der Waals surface area contributed by atoms with Crippen LogP contribution >= 0.6 is 0 Å². The van der Waals surface area contributed by atoms with Crippen LogP contribution in [0.2, 0.25) is 0 Å². The second kappa shape index (κ2) is 8.60. The maximum absolute atomic E-state index is 12.3. The van der Waals surface area contributed by atoms with Crippen molar-refractivity contribution in [1.82, 2.24) is 14.5 Å². The number of aromatic nitrogens is 2. The van der Waals surface area contributed by atoms with Crippen LogP contribution in [0.1, 0.15) is 31.9 Å². The molecule has 168 valence electrons. The first-order valence-corrected chi connectivity index (χ1v) is 12.3. The van der Waals surface area contributed by atoms with Crippen LogP contribution in [0, 0.1) is 0 Å². The van der Waals surface area contributed by atoms with Gasteiger partial charge in [0.05, 0.1) is 37.4 Å². The Hall–Kier alpha value is -2.43. The third-order valence-electron chi connectivity index (χ3n) is 5.71. The molecular weight excluding hydrogens is 420 g/mol. The molecule has 3 heterocycles.